The van der Waals surface area contributed by atoms with Crippen LogP contribution in [0, 0.1) is 11.8 Å². The van der Waals surface area contributed by atoms with Crippen LogP contribution in [-0.2, 0) is 8.85 Å². The molecule has 0 aliphatic heterocycles. The lowest BCUT2D eigenvalue weighted by Crippen LogP contribution is -2.58. The Hall–Kier alpha value is 0.137. The molecule has 3 atom stereocenters. The Morgan fingerprint density at radius 1 is 1.10 bits per heavy atom. The molecular weight excluding hydrogens is 276 g/mol. The maximum absolute atomic E-state index is 6.31. The van der Waals surface area contributed by atoms with Gasteiger partial charge in [-0.2, -0.15) is 0 Å². The highest BCUT2D eigenvalue weighted by molar-refractivity contribution is 6.72. The van der Waals surface area contributed by atoms with E-state index in [0.29, 0.717) is 11.5 Å². The highest BCUT2D eigenvalue weighted by Crippen LogP contribution is 2.57. The Kier molecular flexibility index (Phi) is 7.42. The summed E-state index contributed by atoms with van der Waals surface area (Å²) in [4.78, 5) is 0. The van der Waals surface area contributed by atoms with Crippen LogP contribution in [-0.4, -0.2) is 22.8 Å². The van der Waals surface area contributed by atoms with Gasteiger partial charge in [0.1, 0.15) is 0 Å². The van der Waals surface area contributed by atoms with Crippen molar-refractivity contribution in [1.82, 2.24) is 0 Å². The zero-order chi connectivity index (χ0) is 16.1. The summed E-state index contributed by atoms with van der Waals surface area (Å²) in [6, 6.07) is 0. The summed E-state index contributed by atoms with van der Waals surface area (Å²) in [6.45, 7) is 11.8. The second kappa shape index (κ2) is 8.12. The first-order chi connectivity index (χ1) is 9.91. The van der Waals surface area contributed by atoms with E-state index in [2.05, 4.69) is 34.6 Å². The number of hydrogen-bond donors (Lipinski definition) is 0. The topological polar surface area (TPSA) is 18.5 Å². The van der Waals surface area contributed by atoms with Crippen LogP contribution in [0.2, 0.25) is 10.6 Å². The number of hydrogen-bond acceptors (Lipinski definition) is 2. The molecule has 0 saturated heterocycles. The predicted molar refractivity (Wildman–Crippen MR) is 93.9 cm³/mol. The molecule has 3 unspecified atom stereocenters. The second-order valence-corrected chi connectivity index (χ2v) is 11.7. The van der Waals surface area contributed by atoms with Gasteiger partial charge in [-0.25, -0.2) is 0 Å². The van der Waals surface area contributed by atoms with Crippen molar-refractivity contribution >= 4 is 8.56 Å². The molecule has 2 nitrogen and oxygen atoms in total. The first-order valence-electron chi connectivity index (χ1n) is 9.01. The smallest absolute Gasteiger partial charge is 0.347 e. The predicted octanol–water partition coefficient (Wildman–Crippen LogP) is 5.91. The molecule has 0 N–H and O–H groups in total. The van der Waals surface area contributed by atoms with Gasteiger partial charge in [0.15, 0.2) is 0 Å². The SMILES string of the molecule is CCCC(C)C(C)(C)[Si](OC)(OC)C1CCCCC1CC. The minimum absolute atomic E-state index is 0.155. The zero-order valence-corrected chi connectivity index (χ0v) is 16.5. The Balaban J connectivity index is 3.16. The molecule has 21 heavy (non-hydrogen) atoms. The largest absolute Gasteiger partial charge is 0.397 e. The molecule has 126 valence electrons. The normalized spacial score (nSPS) is 25.9. The Bertz CT molecular complexity index is 300. The molecule has 1 aliphatic carbocycles. The lowest BCUT2D eigenvalue weighted by atomic mass is 9.86. The van der Waals surface area contributed by atoms with E-state index in [4.69, 9.17) is 8.85 Å². The molecule has 0 heterocycles. The van der Waals surface area contributed by atoms with Gasteiger partial charge in [-0.3, -0.25) is 0 Å². The molecule has 0 aromatic heterocycles. The number of rotatable bonds is 8. The van der Waals surface area contributed by atoms with Gasteiger partial charge in [-0.15, -0.1) is 0 Å². The van der Waals surface area contributed by atoms with Gasteiger partial charge in [-0.05, 0) is 18.3 Å². The third-order valence-electron chi connectivity index (χ3n) is 6.38. The van der Waals surface area contributed by atoms with E-state index in [9.17, 15) is 0 Å². The third kappa shape index (κ3) is 3.56. The highest BCUT2D eigenvalue weighted by Gasteiger charge is 2.59. The van der Waals surface area contributed by atoms with Crippen LogP contribution in [0.3, 0.4) is 0 Å². The van der Waals surface area contributed by atoms with Gasteiger partial charge >= 0.3 is 8.56 Å². The lowest BCUT2D eigenvalue weighted by molar-refractivity contribution is 0.147. The monoisotopic (exact) mass is 314 g/mol. The fourth-order valence-electron chi connectivity index (χ4n) is 4.72. The van der Waals surface area contributed by atoms with Crippen molar-refractivity contribution in [3.05, 3.63) is 0 Å². The summed E-state index contributed by atoms with van der Waals surface area (Å²) >= 11 is 0. The van der Waals surface area contributed by atoms with Crippen molar-refractivity contribution in [2.24, 2.45) is 11.8 Å². The molecule has 1 fully saturated rings. The molecule has 1 aliphatic rings. The van der Waals surface area contributed by atoms with E-state index in [-0.39, 0.29) is 5.04 Å². The van der Waals surface area contributed by atoms with E-state index >= 15 is 0 Å². The van der Waals surface area contributed by atoms with Crippen LogP contribution in [0.4, 0.5) is 0 Å². The molecule has 1 saturated carbocycles. The van der Waals surface area contributed by atoms with E-state index in [1.807, 2.05) is 14.2 Å². The first kappa shape index (κ1) is 19.2. The minimum Gasteiger partial charge on any atom is -0.397 e. The van der Waals surface area contributed by atoms with Crippen molar-refractivity contribution in [3.8, 4) is 0 Å². The van der Waals surface area contributed by atoms with E-state index < -0.39 is 8.56 Å². The fourth-order valence-corrected chi connectivity index (χ4v) is 9.94. The lowest BCUT2D eigenvalue weighted by Gasteiger charge is -2.52. The maximum atomic E-state index is 6.31. The molecule has 0 bridgehead atoms. The maximum Gasteiger partial charge on any atom is 0.347 e. The van der Waals surface area contributed by atoms with Crippen LogP contribution in [0.15, 0.2) is 0 Å². The summed E-state index contributed by atoms with van der Waals surface area (Å²) in [5, 5.41) is 0.155. The molecular formula is C18H38O2Si. The summed E-state index contributed by atoms with van der Waals surface area (Å²) in [5.74, 6) is 1.44. The summed E-state index contributed by atoms with van der Waals surface area (Å²) in [6.07, 6.45) is 9.17. The molecule has 0 spiro atoms. The summed E-state index contributed by atoms with van der Waals surface area (Å²) in [7, 11) is 1.57. The zero-order valence-electron chi connectivity index (χ0n) is 15.5. The van der Waals surface area contributed by atoms with Crippen molar-refractivity contribution in [2.45, 2.75) is 90.1 Å². The second-order valence-electron chi connectivity index (χ2n) is 7.55. The molecule has 0 aromatic rings. The standard InChI is InChI=1S/C18H38O2Si/c1-8-12-15(3)18(4,5)21(19-6,20-7)17-14-11-10-13-16(17)9-2/h15-17H,8-14H2,1-7H3. The van der Waals surface area contributed by atoms with E-state index in [1.165, 1.54) is 44.9 Å². The van der Waals surface area contributed by atoms with E-state index in [1.54, 1.807) is 0 Å². The third-order valence-corrected chi connectivity index (χ3v) is 11.6. The first-order valence-corrected chi connectivity index (χ1v) is 10.9. The van der Waals surface area contributed by atoms with Gasteiger partial charge in [0.2, 0.25) is 0 Å². The van der Waals surface area contributed by atoms with Crippen LogP contribution < -0.4 is 0 Å². The Morgan fingerprint density at radius 2 is 1.67 bits per heavy atom. The van der Waals surface area contributed by atoms with Gasteiger partial charge in [0, 0.05) is 24.8 Å². The molecule has 0 aromatic carbocycles. The van der Waals surface area contributed by atoms with Crippen LogP contribution >= 0.6 is 0 Å². The summed E-state index contributed by atoms with van der Waals surface area (Å²) < 4.78 is 12.6. The van der Waals surface area contributed by atoms with Gasteiger partial charge < -0.3 is 8.85 Å². The highest BCUT2D eigenvalue weighted by atomic mass is 28.4. The van der Waals surface area contributed by atoms with Gasteiger partial charge in [0.05, 0.1) is 0 Å². The van der Waals surface area contributed by atoms with Crippen molar-refractivity contribution in [2.75, 3.05) is 14.2 Å². The van der Waals surface area contributed by atoms with Gasteiger partial charge in [0.25, 0.3) is 0 Å². The van der Waals surface area contributed by atoms with Crippen molar-refractivity contribution in [3.63, 3.8) is 0 Å². The van der Waals surface area contributed by atoms with Crippen molar-refractivity contribution in [1.29, 1.82) is 0 Å². The molecule has 0 radical (unpaired) electrons. The Labute approximate surface area is 134 Å². The van der Waals surface area contributed by atoms with Crippen LogP contribution in [0.1, 0.15) is 79.6 Å². The minimum atomic E-state index is -2.25. The fraction of sp³-hybridized carbons (Fsp3) is 1.00. The summed E-state index contributed by atoms with van der Waals surface area (Å²) in [5.41, 5.74) is 0.653. The Morgan fingerprint density at radius 3 is 2.14 bits per heavy atom. The van der Waals surface area contributed by atoms with Gasteiger partial charge in [-0.1, -0.05) is 73.1 Å². The quantitative estimate of drug-likeness (QED) is 0.519. The average molecular weight is 315 g/mol. The van der Waals surface area contributed by atoms with Crippen LogP contribution in [0.25, 0.3) is 0 Å². The van der Waals surface area contributed by atoms with E-state index in [0.717, 1.165) is 5.92 Å². The van der Waals surface area contributed by atoms with Crippen LogP contribution in [0.5, 0.6) is 0 Å². The average Bonchev–Trinajstić information content (AvgIpc) is 2.49. The van der Waals surface area contributed by atoms with Crippen molar-refractivity contribution < 1.29 is 8.85 Å². The molecule has 0 amide bonds. The molecule has 1 rings (SSSR count). The molecule has 3 heteroatoms.